The van der Waals surface area contributed by atoms with Crippen LogP contribution in [-0.4, -0.2) is 11.1 Å². The van der Waals surface area contributed by atoms with Crippen molar-refractivity contribution in [3.63, 3.8) is 0 Å². The summed E-state index contributed by atoms with van der Waals surface area (Å²) in [6, 6.07) is 0. The van der Waals surface area contributed by atoms with Crippen molar-refractivity contribution in [2.24, 2.45) is 5.92 Å². The van der Waals surface area contributed by atoms with Crippen LogP contribution in [0, 0.1) is 5.92 Å². The molecule has 9 heavy (non-hydrogen) atoms. The van der Waals surface area contributed by atoms with Crippen LogP contribution in [-0.2, 0) is 59.9 Å². The fourth-order valence-corrected chi connectivity index (χ4v) is 0. The largest absolute Gasteiger partial charge is 0.481 e. The number of hydrogen-bond donors (Lipinski definition) is 1. The summed E-state index contributed by atoms with van der Waals surface area (Å²) in [6.07, 6.45) is 0. The van der Waals surface area contributed by atoms with Crippen molar-refractivity contribution in [2.45, 2.75) is 13.8 Å². The summed E-state index contributed by atoms with van der Waals surface area (Å²) >= 11 is 7.33. The van der Waals surface area contributed by atoms with Crippen LogP contribution in [0.25, 0.3) is 0 Å². The Bertz CT molecular complexity index is 77.0. The van der Waals surface area contributed by atoms with Crippen LogP contribution < -0.4 is 0 Å². The molecule has 0 saturated heterocycles. The number of carboxylic acids is 1. The van der Waals surface area contributed by atoms with Gasteiger partial charge in [-0.2, -0.15) is 0 Å². The molecular formula is C4H8O2S2Y. The molecule has 0 heterocycles. The Morgan fingerprint density at radius 2 is 1.56 bits per heavy atom. The van der Waals surface area contributed by atoms with Gasteiger partial charge >= 0.3 is 5.97 Å². The van der Waals surface area contributed by atoms with E-state index in [0.717, 1.165) is 0 Å². The fourth-order valence-electron chi connectivity index (χ4n) is 0. The van der Waals surface area contributed by atoms with Gasteiger partial charge in [-0.05, 0) is 0 Å². The standard InChI is InChI=1S/C4H8O2.S2.Y/c1-3(2)4(5)6;1-2;/h3H,1-2H3,(H,5,6);;. The van der Waals surface area contributed by atoms with Crippen LogP contribution >= 0.6 is 0 Å². The van der Waals surface area contributed by atoms with E-state index in [1.54, 1.807) is 13.8 Å². The Hall–Kier alpha value is 1.01. The summed E-state index contributed by atoms with van der Waals surface area (Å²) in [5.74, 6) is -0.972. The van der Waals surface area contributed by atoms with Gasteiger partial charge in [0, 0.05) is 55.1 Å². The van der Waals surface area contributed by atoms with E-state index in [1.165, 1.54) is 0 Å². The molecule has 1 N–H and O–H groups in total. The van der Waals surface area contributed by atoms with Gasteiger partial charge in [0.05, 0.1) is 5.92 Å². The maximum Gasteiger partial charge on any atom is 0.305 e. The van der Waals surface area contributed by atoms with Crippen molar-refractivity contribution in [1.29, 1.82) is 0 Å². The second kappa shape index (κ2) is 11.8. The van der Waals surface area contributed by atoms with Crippen LogP contribution in [0.2, 0.25) is 0 Å². The first kappa shape index (κ1) is 16.5. The average molecular weight is 241 g/mol. The van der Waals surface area contributed by atoms with E-state index < -0.39 is 5.97 Å². The summed E-state index contributed by atoms with van der Waals surface area (Å²) in [5.41, 5.74) is 0. The first-order valence-electron chi connectivity index (χ1n) is 2.04. The summed E-state index contributed by atoms with van der Waals surface area (Å²) < 4.78 is 0. The van der Waals surface area contributed by atoms with Crippen molar-refractivity contribution < 1.29 is 42.6 Å². The molecule has 0 spiro atoms. The zero-order valence-corrected chi connectivity index (χ0v) is 9.80. The monoisotopic (exact) mass is 241 g/mol. The summed E-state index contributed by atoms with van der Waals surface area (Å²) in [4.78, 5) is 9.70. The van der Waals surface area contributed by atoms with Gasteiger partial charge in [0.1, 0.15) is 0 Å². The molecule has 1 radical (unpaired) electrons. The molecule has 0 bridgehead atoms. The second-order valence-electron chi connectivity index (χ2n) is 1.49. The third-order valence-electron chi connectivity index (χ3n) is 0.494. The molecule has 0 aromatic rings. The summed E-state index contributed by atoms with van der Waals surface area (Å²) in [6.45, 7) is 3.28. The average Bonchev–Trinajstić information content (AvgIpc) is 1.72. The summed E-state index contributed by atoms with van der Waals surface area (Å²) in [7, 11) is 0. The minimum absolute atomic E-state index is 0. The number of hydrogen-bond acceptors (Lipinski definition) is 3. The molecule has 5 heteroatoms. The molecule has 0 aromatic carbocycles. The Morgan fingerprint density at radius 1 is 1.44 bits per heavy atom. The zero-order chi connectivity index (χ0) is 7.15. The van der Waals surface area contributed by atoms with Crippen LogP contribution in [0.3, 0.4) is 0 Å². The van der Waals surface area contributed by atoms with Gasteiger partial charge in [0.2, 0.25) is 0 Å². The zero-order valence-electron chi connectivity index (χ0n) is 5.33. The van der Waals surface area contributed by atoms with Crippen LogP contribution in [0.15, 0.2) is 0 Å². The van der Waals surface area contributed by atoms with Gasteiger partial charge in [0.25, 0.3) is 0 Å². The van der Waals surface area contributed by atoms with Crippen molar-refractivity contribution >= 4 is 28.3 Å². The molecule has 0 unspecified atom stereocenters. The first-order chi connectivity index (χ1) is 3.64. The molecule has 0 amide bonds. The number of carbonyl (C=O) groups is 1. The van der Waals surface area contributed by atoms with Crippen LogP contribution in [0.1, 0.15) is 13.8 Å². The van der Waals surface area contributed by atoms with Crippen LogP contribution in [0.4, 0.5) is 0 Å². The van der Waals surface area contributed by atoms with E-state index in [-0.39, 0.29) is 38.6 Å². The molecule has 0 aromatic heterocycles. The van der Waals surface area contributed by atoms with E-state index in [0.29, 0.717) is 0 Å². The topological polar surface area (TPSA) is 37.3 Å². The Kier molecular flexibility index (Phi) is 21.6. The molecule has 0 rings (SSSR count). The molecule has 0 aliphatic carbocycles. The second-order valence-corrected chi connectivity index (χ2v) is 1.49. The van der Waals surface area contributed by atoms with Gasteiger partial charge in [-0.1, -0.05) is 13.8 Å². The molecule has 0 saturated carbocycles. The predicted octanol–water partition coefficient (Wildman–Crippen LogP) is 0.720. The maximum absolute atomic E-state index is 9.70. The van der Waals surface area contributed by atoms with Crippen molar-refractivity contribution in [1.82, 2.24) is 0 Å². The van der Waals surface area contributed by atoms with E-state index in [4.69, 9.17) is 5.11 Å². The molecule has 0 aliphatic rings. The Labute approximate surface area is 89.9 Å². The first-order valence-corrected chi connectivity index (χ1v) is 3.37. The third-order valence-corrected chi connectivity index (χ3v) is 0.494. The summed E-state index contributed by atoms with van der Waals surface area (Å²) in [5, 5.41) is 7.99. The third kappa shape index (κ3) is 17.6. The van der Waals surface area contributed by atoms with Crippen molar-refractivity contribution in [3.8, 4) is 0 Å². The van der Waals surface area contributed by atoms with Gasteiger partial charge in [-0.25, -0.2) is 0 Å². The van der Waals surface area contributed by atoms with Gasteiger partial charge in [-0.3, -0.25) is 4.79 Å². The van der Waals surface area contributed by atoms with Gasteiger partial charge in [-0.15, -0.1) is 0 Å². The molecular weight excluding hydrogens is 233 g/mol. The normalized spacial score (nSPS) is 6.56. The molecule has 0 atom stereocenters. The smallest absolute Gasteiger partial charge is 0.305 e. The van der Waals surface area contributed by atoms with E-state index in [1.807, 2.05) is 0 Å². The van der Waals surface area contributed by atoms with E-state index >= 15 is 0 Å². The van der Waals surface area contributed by atoms with Crippen molar-refractivity contribution in [3.05, 3.63) is 0 Å². The van der Waals surface area contributed by atoms with Crippen molar-refractivity contribution in [2.75, 3.05) is 0 Å². The molecule has 51 valence electrons. The van der Waals surface area contributed by atoms with Gasteiger partial charge in [0.15, 0.2) is 0 Å². The predicted molar refractivity (Wildman–Crippen MR) is 37.2 cm³/mol. The SMILES string of the molecule is CC(C)C(=O)O.S=S.[Y]. The maximum atomic E-state index is 9.70. The van der Waals surface area contributed by atoms with E-state index in [2.05, 4.69) is 22.4 Å². The Balaban J connectivity index is -0.000000109. The van der Waals surface area contributed by atoms with Gasteiger partial charge < -0.3 is 5.11 Å². The minimum Gasteiger partial charge on any atom is -0.481 e. The number of carboxylic acid groups (broad SMARTS) is 1. The molecule has 0 aliphatic heterocycles. The Morgan fingerprint density at radius 3 is 1.56 bits per heavy atom. The quantitative estimate of drug-likeness (QED) is 0.734. The molecule has 0 fully saturated rings. The van der Waals surface area contributed by atoms with Crippen LogP contribution in [0.5, 0.6) is 0 Å². The number of aliphatic carboxylic acids is 1. The minimum atomic E-state index is -0.741. The van der Waals surface area contributed by atoms with E-state index in [9.17, 15) is 4.79 Å². The number of rotatable bonds is 1. The fraction of sp³-hybridized carbons (Fsp3) is 0.750. The molecule has 2 nitrogen and oxygen atoms in total.